The number of benzene rings is 3. The van der Waals surface area contributed by atoms with E-state index < -0.39 is 0 Å². The molecule has 3 aromatic carbocycles. The second-order valence-electron chi connectivity index (χ2n) is 5.16. The largest absolute Gasteiger partial charge is 0.497 e. The Bertz CT molecular complexity index is 662. The predicted octanol–water partition coefficient (Wildman–Crippen LogP) is 5.46. The van der Waals surface area contributed by atoms with Crippen molar-refractivity contribution in [1.82, 2.24) is 0 Å². The summed E-state index contributed by atoms with van der Waals surface area (Å²) in [5.74, 6) is 1.65. The molecule has 0 atom stereocenters. The molecule has 0 saturated heterocycles. The molecule has 0 amide bonds. The van der Waals surface area contributed by atoms with Crippen molar-refractivity contribution in [3.8, 4) is 28.0 Å². The Labute approximate surface area is 137 Å². The van der Waals surface area contributed by atoms with E-state index in [4.69, 9.17) is 4.74 Å². The van der Waals surface area contributed by atoms with E-state index in [1.165, 1.54) is 27.8 Å². The highest BCUT2D eigenvalue weighted by Crippen LogP contribution is 2.26. The summed E-state index contributed by atoms with van der Waals surface area (Å²) in [7, 11) is 1.68. The first kappa shape index (κ1) is 14.7. The Balaban J connectivity index is 1.84. The fraction of sp³-hybridized carbons (Fsp3) is 0.100. The van der Waals surface area contributed by atoms with Crippen LogP contribution in [0.15, 0.2) is 72.8 Å². The summed E-state index contributed by atoms with van der Waals surface area (Å²) in [4.78, 5) is 0. The van der Waals surface area contributed by atoms with E-state index in [9.17, 15) is 0 Å². The zero-order chi connectivity index (χ0) is 15.4. The topological polar surface area (TPSA) is 9.23 Å². The first-order chi connectivity index (χ1) is 10.8. The maximum absolute atomic E-state index is 5.20. The summed E-state index contributed by atoms with van der Waals surface area (Å²) in [6.07, 6.45) is 0. The van der Waals surface area contributed by atoms with Gasteiger partial charge in [0, 0.05) is 5.75 Å². The van der Waals surface area contributed by atoms with Gasteiger partial charge in [-0.1, -0.05) is 60.7 Å². The van der Waals surface area contributed by atoms with E-state index in [0.29, 0.717) is 0 Å². The van der Waals surface area contributed by atoms with Crippen molar-refractivity contribution in [3.05, 3.63) is 78.4 Å². The molecule has 0 saturated carbocycles. The van der Waals surface area contributed by atoms with E-state index in [0.717, 1.165) is 11.5 Å². The maximum atomic E-state index is 5.20. The van der Waals surface area contributed by atoms with Crippen molar-refractivity contribution in [1.29, 1.82) is 0 Å². The fourth-order valence-electron chi connectivity index (χ4n) is 2.44. The number of hydrogen-bond acceptors (Lipinski definition) is 2. The van der Waals surface area contributed by atoms with Crippen LogP contribution in [0.2, 0.25) is 0 Å². The first-order valence-electron chi connectivity index (χ1n) is 7.25. The number of hydrogen-bond donors (Lipinski definition) is 1. The van der Waals surface area contributed by atoms with Gasteiger partial charge in [-0.3, -0.25) is 0 Å². The molecule has 0 aromatic heterocycles. The van der Waals surface area contributed by atoms with E-state index in [-0.39, 0.29) is 0 Å². The molecule has 3 aromatic rings. The van der Waals surface area contributed by atoms with Gasteiger partial charge >= 0.3 is 0 Å². The number of rotatable bonds is 4. The Morgan fingerprint density at radius 3 is 1.36 bits per heavy atom. The van der Waals surface area contributed by atoms with E-state index in [2.05, 4.69) is 73.3 Å². The second-order valence-corrected chi connectivity index (χ2v) is 5.48. The zero-order valence-electron chi connectivity index (χ0n) is 12.5. The van der Waals surface area contributed by atoms with Crippen molar-refractivity contribution in [2.75, 3.05) is 7.11 Å². The standard InChI is InChI=1S/C20H18OS/c1-21-20-12-10-19(11-13-20)18-8-6-17(7-9-18)16-4-2-15(14-22)3-5-16/h2-13,22H,14H2,1H3. The third kappa shape index (κ3) is 3.18. The smallest absolute Gasteiger partial charge is 0.118 e. The van der Waals surface area contributed by atoms with Crippen molar-refractivity contribution in [2.45, 2.75) is 5.75 Å². The minimum absolute atomic E-state index is 0.774. The Morgan fingerprint density at radius 2 is 1.00 bits per heavy atom. The molecule has 0 aliphatic heterocycles. The highest BCUT2D eigenvalue weighted by molar-refractivity contribution is 7.79. The van der Waals surface area contributed by atoms with Gasteiger partial charge in [0.15, 0.2) is 0 Å². The summed E-state index contributed by atoms with van der Waals surface area (Å²) in [5.41, 5.74) is 6.09. The van der Waals surface area contributed by atoms with Crippen molar-refractivity contribution < 1.29 is 4.74 Å². The first-order valence-corrected chi connectivity index (χ1v) is 7.88. The van der Waals surface area contributed by atoms with Gasteiger partial charge in [-0.25, -0.2) is 0 Å². The van der Waals surface area contributed by atoms with Crippen LogP contribution in [0.3, 0.4) is 0 Å². The van der Waals surface area contributed by atoms with Crippen LogP contribution in [0.5, 0.6) is 5.75 Å². The number of methoxy groups -OCH3 is 1. The van der Waals surface area contributed by atoms with E-state index in [1.807, 2.05) is 12.1 Å². The van der Waals surface area contributed by atoms with E-state index in [1.54, 1.807) is 7.11 Å². The van der Waals surface area contributed by atoms with Gasteiger partial charge in [0.05, 0.1) is 7.11 Å². The van der Waals surface area contributed by atoms with Crippen LogP contribution in [0, 0.1) is 0 Å². The maximum Gasteiger partial charge on any atom is 0.118 e. The molecule has 0 unspecified atom stereocenters. The normalized spacial score (nSPS) is 10.5. The van der Waals surface area contributed by atoms with Gasteiger partial charge in [-0.15, -0.1) is 0 Å². The lowest BCUT2D eigenvalue weighted by atomic mass is 10.00. The van der Waals surface area contributed by atoms with Crippen LogP contribution in [0.25, 0.3) is 22.3 Å². The number of thiol groups is 1. The third-order valence-electron chi connectivity index (χ3n) is 3.78. The zero-order valence-corrected chi connectivity index (χ0v) is 13.4. The van der Waals surface area contributed by atoms with Gasteiger partial charge in [-0.2, -0.15) is 12.6 Å². The Morgan fingerprint density at radius 1 is 0.636 bits per heavy atom. The fourth-order valence-corrected chi connectivity index (χ4v) is 2.65. The van der Waals surface area contributed by atoms with Gasteiger partial charge in [0.2, 0.25) is 0 Å². The van der Waals surface area contributed by atoms with Crippen LogP contribution in [0.4, 0.5) is 0 Å². The quantitative estimate of drug-likeness (QED) is 0.630. The average molecular weight is 306 g/mol. The minimum Gasteiger partial charge on any atom is -0.497 e. The summed E-state index contributed by atoms with van der Waals surface area (Å²) in [6, 6.07) is 25.3. The summed E-state index contributed by atoms with van der Waals surface area (Å²) < 4.78 is 5.20. The van der Waals surface area contributed by atoms with Gasteiger partial charge in [-0.05, 0) is 39.9 Å². The monoisotopic (exact) mass is 306 g/mol. The molecule has 22 heavy (non-hydrogen) atoms. The van der Waals surface area contributed by atoms with Crippen LogP contribution < -0.4 is 4.74 Å². The van der Waals surface area contributed by atoms with Crippen LogP contribution >= 0.6 is 12.6 Å². The molecule has 0 spiro atoms. The number of ether oxygens (including phenoxy) is 1. The molecule has 0 fully saturated rings. The van der Waals surface area contributed by atoms with Gasteiger partial charge < -0.3 is 4.74 Å². The summed E-state index contributed by atoms with van der Waals surface area (Å²) in [5, 5.41) is 0. The molecule has 0 aliphatic carbocycles. The van der Waals surface area contributed by atoms with Crippen molar-refractivity contribution in [2.24, 2.45) is 0 Å². The average Bonchev–Trinajstić information content (AvgIpc) is 2.62. The lowest BCUT2D eigenvalue weighted by molar-refractivity contribution is 0.415. The molecule has 0 radical (unpaired) electrons. The van der Waals surface area contributed by atoms with Gasteiger partial charge in [0.25, 0.3) is 0 Å². The van der Waals surface area contributed by atoms with Crippen molar-refractivity contribution in [3.63, 3.8) is 0 Å². The second kappa shape index (κ2) is 6.71. The molecule has 110 valence electrons. The summed E-state index contributed by atoms with van der Waals surface area (Å²) in [6.45, 7) is 0. The summed E-state index contributed by atoms with van der Waals surface area (Å²) >= 11 is 4.29. The molecule has 0 heterocycles. The minimum atomic E-state index is 0.774. The van der Waals surface area contributed by atoms with Gasteiger partial charge in [0.1, 0.15) is 5.75 Å². The van der Waals surface area contributed by atoms with E-state index >= 15 is 0 Å². The highest BCUT2D eigenvalue weighted by atomic mass is 32.1. The molecule has 3 rings (SSSR count). The molecular weight excluding hydrogens is 288 g/mol. The molecule has 0 bridgehead atoms. The van der Waals surface area contributed by atoms with Crippen LogP contribution in [-0.2, 0) is 5.75 Å². The predicted molar refractivity (Wildman–Crippen MR) is 96.6 cm³/mol. The SMILES string of the molecule is COc1ccc(-c2ccc(-c3ccc(CS)cc3)cc2)cc1. The van der Waals surface area contributed by atoms with Crippen molar-refractivity contribution >= 4 is 12.6 Å². The van der Waals surface area contributed by atoms with Crippen LogP contribution in [-0.4, -0.2) is 7.11 Å². The highest BCUT2D eigenvalue weighted by Gasteiger charge is 2.01. The molecule has 1 nitrogen and oxygen atoms in total. The molecular formula is C20H18OS. The Kier molecular flexibility index (Phi) is 4.50. The Hall–Kier alpha value is -2.19. The molecule has 0 aliphatic rings. The lowest BCUT2D eigenvalue weighted by Gasteiger charge is -2.07. The molecule has 0 N–H and O–H groups in total. The third-order valence-corrected chi connectivity index (χ3v) is 4.14. The molecule has 2 heteroatoms. The van der Waals surface area contributed by atoms with Crippen LogP contribution in [0.1, 0.15) is 5.56 Å². The lowest BCUT2D eigenvalue weighted by Crippen LogP contribution is -1.84.